The van der Waals surface area contributed by atoms with Crippen LogP contribution in [0.3, 0.4) is 0 Å². The normalized spacial score (nSPS) is 36.1. The minimum Gasteiger partial charge on any atom is -0.469 e. The van der Waals surface area contributed by atoms with E-state index in [1.165, 1.54) is 21.3 Å². The number of hydrogen-bond donors (Lipinski definition) is 0. The van der Waals surface area contributed by atoms with E-state index in [1.807, 2.05) is 0 Å². The highest BCUT2D eigenvalue weighted by Crippen LogP contribution is 2.57. The highest BCUT2D eigenvalue weighted by molar-refractivity contribution is 9.11. The first kappa shape index (κ1) is 14.7. The summed E-state index contributed by atoms with van der Waals surface area (Å²) in [4.78, 5) is 24.6. The highest BCUT2D eigenvalue weighted by atomic mass is 79.9. The summed E-state index contributed by atoms with van der Waals surface area (Å²) >= 11 is 3.46. The molecule has 0 N–H and O–H groups in total. The van der Waals surface area contributed by atoms with E-state index in [1.54, 1.807) is 13.0 Å². The van der Waals surface area contributed by atoms with E-state index >= 15 is 0 Å². The standard InChI is InChI=1S/C13H17BrO5/c1-12-6-9(14)7(5-8(12)10(15)17-2)13(18-3,19-4)11(12)16/h6-8H,5H2,1-4H3/t7-,8+,12+/m0/s1. The van der Waals surface area contributed by atoms with Gasteiger partial charge in [0.2, 0.25) is 11.6 Å². The van der Waals surface area contributed by atoms with Crippen molar-refractivity contribution in [1.82, 2.24) is 0 Å². The van der Waals surface area contributed by atoms with Crippen LogP contribution in [-0.2, 0) is 23.8 Å². The predicted molar refractivity (Wildman–Crippen MR) is 70.5 cm³/mol. The van der Waals surface area contributed by atoms with Crippen LogP contribution in [0.5, 0.6) is 0 Å². The van der Waals surface area contributed by atoms with E-state index in [0.717, 1.165) is 4.48 Å². The summed E-state index contributed by atoms with van der Waals surface area (Å²) in [6, 6.07) is 0. The molecule has 0 unspecified atom stereocenters. The van der Waals surface area contributed by atoms with Gasteiger partial charge < -0.3 is 14.2 Å². The Kier molecular flexibility index (Phi) is 3.62. The molecule has 3 aliphatic rings. The maximum Gasteiger partial charge on any atom is 0.310 e. The minimum absolute atomic E-state index is 0.236. The van der Waals surface area contributed by atoms with Crippen molar-refractivity contribution in [3.8, 4) is 0 Å². The van der Waals surface area contributed by atoms with Crippen LogP contribution in [0.2, 0.25) is 0 Å². The van der Waals surface area contributed by atoms with Crippen LogP contribution >= 0.6 is 15.9 Å². The van der Waals surface area contributed by atoms with Crippen molar-refractivity contribution in [3.63, 3.8) is 0 Å². The van der Waals surface area contributed by atoms with Crippen molar-refractivity contribution in [2.45, 2.75) is 19.1 Å². The molecule has 3 rings (SSSR count). The number of carbonyl (C=O) groups is 2. The summed E-state index contributed by atoms with van der Waals surface area (Å²) in [5.74, 6) is -2.78. The SMILES string of the molecule is COC(=O)[C@H]1C[C@H]2C(Br)=C[C@@]1(C)C(=O)C2(OC)OC. The fourth-order valence-corrected chi connectivity index (χ4v) is 4.18. The minimum atomic E-state index is -1.33. The molecule has 0 aromatic heterocycles. The maximum absolute atomic E-state index is 12.7. The van der Waals surface area contributed by atoms with E-state index in [0.29, 0.717) is 6.42 Å². The second-order valence-corrected chi connectivity index (χ2v) is 6.00. The summed E-state index contributed by atoms with van der Waals surface area (Å²) in [5, 5.41) is 0. The number of esters is 1. The van der Waals surface area contributed by atoms with E-state index in [4.69, 9.17) is 14.2 Å². The van der Waals surface area contributed by atoms with Crippen molar-refractivity contribution in [2.75, 3.05) is 21.3 Å². The van der Waals surface area contributed by atoms with E-state index < -0.39 is 17.1 Å². The van der Waals surface area contributed by atoms with Crippen LogP contribution in [0.1, 0.15) is 13.3 Å². The second kappa shape index (κ2) is 4.68. The molecule has 0 heterocycles. The number of allylic oxidation sites excluding steroid dienone is 1. The fourth-order valence-electron chi connectivity index (χ4n) is 3.21. The summed E-state index contributed by atoms with van der Waals surface area (Å²) < 4.78 is 16.4. The van der Waals surface area contributed by atoms with Gasteiger partial charge in [0.1, 0.15) is 0 Å². The molecule has 0 aromatic carbocycles. The average molecular weight is 333 g/mol. The first-order chi connectivity index (χ1) is 8.87. The maximum atomic E-state index is 12.7. The first-order valence-electron chi connectivity index (χ1n) is 5.98. The zero-order valence-corrected chi connectivity index (χ0v) is 12.9. The smallest absolute Gasteiger partial charge is 0.310 e. The molecule has 0 saturated heterocycles. The molecule has 3 aliphatic carbocycles. The topological polar surface area (TPSA) is 61.8 Å². The van der Waals surface area contributed by atoms with Crippen LogP contribution in [0.25, 0.3) is 0 Å². The molecule has 3 atom stereocenters. The average Bonchev–Trinajstić information content (AvgIpc) is 2.40. The third kappa shape index (κ3) is 1.73. The van der Waals surface area contributed by atoms with Crippen LogP contribution in [0.15, 0.2) is 10.6 Å². The van der Waals surface area contributed by atoms with Crippen LogP contribution in [0.4, 0.5) is 0 Å². The van der Waals surface area contributed by atoms with E-state index in [-0.39, 0.29) is 17.7 Å². The molecule has 1 saturated carbocycles. The van der Waals surface area contributed by atoms with Gasteiger partial charge in [0, 0.05) is 18.7 Å². The van der Waals surface area contributed by atoms with Gasteiger partial charge in [-0.25, -0.2) is 0 Å². The number of ketones is 1. The largest absolute Gasteiger partial charge is 0.469 e. The molecule has 0 aromatic rings. The monoisotopic (exact) mass is 332 g/mol. The molecule has 19 heavy (non-hydrogen) atoms. The zero-order chi connectivity index (χ0) is 14.4. The summed E-state index contributed by atoms with van der Waals surface area (Å²) in [7, 11) is 4.22. The number of Topliss-reactive ketones (excluding diaryl/α,β-unsaturated/α-hetero) is 1. The molecule has 0 amide bonds. The number of rotatable bonds is 3. The van der Waals surface area contributed by atoms with Gasteiger partial charge in [-0.2, -0.15) is 0 Å². The Bertz CT molecular complexity index is 454. The van der Waals surface area contributed by atoms with E-state index in [2.05, 4.69) is 15.9 Å². The van der Waals surface area contributed by atoms with Crippen molar-refractivity contribution in [2.24, 2.45) is 17.3 Å². The summed E-state index contributed by atoms with van der Waals surface area (Å²) in [6.07, 6.45) is 2.23. The number of fused-ring (bicyclic) bond motifs is 2. The third-order valence-electron chi connectivity index (χ3n) is 4.32. The molecule has 2 bridgehead atoms. The van der Waals surface area contributed by atoms with Crippen LogP contribution in [0, 0.1) is 17.3 Å². The molecule has 106 valence electrons. The van der Waals surface area contributed by atoms with Crippen molar-refractivity contribution >= 4 is 27.7 Å². The number of hydrogen-bond acceptors (Lipinski definition) is 5. The Labute approximate surface area is 120 Å². The third-order valence-corrected chi connectivity index (χ3v) is 5.10. The van der Waals surface area contributed by atoms with Gasteiger partial charge in [-0.1, -0.05) is 22.0 Å². The Morgan fingerprint density at radius 1 is 1.37 bits per heavy atom. The molecule has 0 radical (unpaired) electrons. The van der Waals surface area contributed by atoms with Crippen molar-refractivity contribution in [1.29, 1.82) is 0 Å². The Balaban J connectivity index is 2.55. The van der Waals surface area contributed by atoms with Gasteiger partial charge >= 0.3 is 5.97 Å². The molecule has 0 aliphatic heterocycles. The lowest BCUT2D eigenvalue weighted by Crippen LogP contribution is -2.65. The number of methoxy groups -OCH3 is 3. The lowest BCUT2D eigenvalue weighted by molar-refractivity contribution is -0.248. The molecule has 0 spiro atoms. The number of carbonyl (C=O) groups excluding carboxylic acids is 2. The Hall–Kier alpha value is -0.720. The number of halogens is 1. The van der Waals surface area contributed by atoms with E-state index in [9.17, 15) is 9.59 Å². The Morgan fingerprint density at radius 3 is 2.42 bits per heavy atom. The predicted octanol–water partition coefficient (Wildman–Crippen LogP) is 1.65. The van der Waals surface area contributed by atoms with Gasteiger partial charge in [-0.3, -0.25) is 9.59 Å². The van der Waals surface area contributed by atoms with Gasteiger partial charge in [0.25, 0.3) is 0 Å². The fraction of sp³-hybridized carbons (Fsp3) is 0.692. The van der Waals surface area contributed by atoms with Crippen molar-refractivity contribution in [3.05, 3.63) is 10.6 Å². The molecule has 5 nitrogen and oxygen atoms in total. The molecule has 1 fully saturated rings. The summed E-state index contributed by atoms with van der Waals surface area (Å²) in [5.41, 5.74) is -0.979. The lowest BCUT2D eigenvalue weighted by atomic mass is 9.56. The lowest BCUT2D eigenvalue weighted by Gasteiger charge is -2.53. The van der Waals surface area contributed by atoms with Crippen LogP contribution < -0.4 is 0 Å². The first-order valence-corrected chi connectivity index (χ1v) is 6.78. The second-order valence-electron chi connectivity index (χ2n) is 5.08. The number of ether oxygens (including phenoxy) is 3. The van der Waals surface area contributed by atoms with Gasteiger partial charge in [-0.15, -0.1) is 0 Å². The quantitative estimate of drug-likeness (QED) is 0.581. The highest BCUT2D eigenvalue weighted by Gasteiger charge is 2.66. The molecular formula is C13H17BrO5. The molecule has 6 heteroatoms. The molecular weight excluding hydrogens is 316 g/mol. The van der Waals surface area contributed by atoms with Gasteiger partial charge in [0.15, 0.2) is 0 Å². The van der Waals surface area contributed by atoms with Gasteiger partial charge in [0.05, 0.1) is 24.4 Å². The zero-order valence-electron chi connectivity index (χ0n) is 11.4. The summed E-state index contributed by atoms with van der Waals surface area (Å²) in [6.45, 7) is 1.72. The van der Waals surface area contributed by atoms with Gasteiger partial charge in [-0.05, 0) is 13.3 Å². The van der Waals surface area contributed by atoms with Crippen molar-refractivity contribution < 1.29 is 23.8 Å². The Morgan fingerprint density at radius 2 is 1.95 bits per heavy atom. The van der Waals surface area contributed by atoms with Crippen LogP contribution in [-0.4, -0.2) is 38.9 Å².